The van der Waals surface area contributed by atoms with Gasteiger partial charge in [-0.3, -0.25) is 4.79 Å². The number of carbonyl (C=O) groups is 1. The lowest BCUT2D eigenvalue weighted by atomic mass is 10.2. The van der Waals surface area contributed by atoms with Gasteiger partial charge in [-0.25, -0.2) is 15.0 Å². The number of benzene rings is 1. The summed E-state index contributed by atoms with van der Waals surface area (Å²) < 4.78 is 5.94. The minimum Gasteiger partial charge on any atom is -0.480 e. The van der Waals surface area contributed by atoms with E-state index in [0.717, 1.165) is 36.2 Å². The molecule has 1 atom stereocenters. The smallest absolute Gasteiger partial charge is 0.247 e. The van der Waals surface area contributed by atoms with E-state index in [2.05, 4.69) is 58.0 Å². The quantitative estimate of drug-likeness (QED) is 0.530. The highest BCUT2D eigenvalue weighted by Crippen LogP contribution is 2.29. The maximum absolute atomic E-state index is 11.5. The van der Waals surface area contributed by atoms with E-state index in [0.29, 0.717) is 22.0 Å². The minimum atomic E-state index is -0.260. The number of aromatic nitrogens is 4. The Labute approximate surface area is 181 Å². The van der Waals surface area contributed by atoms with E-state index in [-0.39, 0.29) is 11.9 Å². The predicted octanol–water partition coefficient (Wildman–Crippen LogP) is 3.01. The molecule has 30 heavy (non-hydrogen) atoms. The SMILES string of the molecule is C=CC(=O)Nc1ccc2c(N3CCC(Nc4ncc(Br)c(OC)n4)C3)ncnc2c1. The average Bonchev–Trinajstić information content (AvgIpc) is 3.22. The average molecular weight is 470 g/mol. The van der Waals surface area contributed by atoms with Crippen molar-refractivity contribution >= 4 is 50.2 Å². The summed E-state index contributed by atoms with van der Waals surface area (Å²) in [7, 11) is 1.57. The van der Waals surface area contributed by atoms with Crippen LogP contribution in [0.1, 0.15) is 6.42 Å². The van der Waals surface area contributed by atoms with E-state index in [4.69, 9.17) is 4.74 Å². The third-order valence-electron chi connectivity index (χ3n) is 4.79. The first-order chi connectivity index (χ1) is 14.6. The van der Waals surface area contributed by atoms with Crippen LogP contribution in [0.15, 0.2) is 47.9 Å². The van der Waals surface area contributed by atoms with Crippen LogP contribution in [0.4, 0.5) is 17.5 Å². The Morgan fingerprint density at radius 1 is 1.37 bits per heavy atom. The molecular weight excluding hydrogens is 450 g/mol. The number of rotatable bonds is 6. The molecule has 1 fully saturated rings. The minimum absolute atomic E-state index is 0.173. The Morgan fingerprint density at radius 2 is 2.23 bits per heavy atom. The molecule has 1 saturated heterocycles. The lowest BCUT2D eigenvalue weighted by Gasteiger charge is -2.19. The van der Waals surface area contributed by atoms with Gasteiger partial charge in [-0.05, 0) is 46.6 Å². The van der Waals surface area contributed by atoms with Crippen LogP contribution in [0, 0.1) is 0 Å². The molecule has 0 radical (unpaired) electrons. The van der Waals surface area contributed by atoms with Gasteiger partial charge in [0.1, 0.15) is 12.1 Å². The number of fused-ring (bicyclic) bond motifs is 1. The van der Waals surface area contributed by atoms with E-state index in [9.17, 15) is 4.79 Å². The van der Waals surface area contributed by atoms with Gasteiger partial charge in [0.15, 0.2) is 0 Å². The zero-order chi connectivity index (χ0) is 21.1. The van der Waals surface area contributed by atoms with Gasteiger partial charge in [0.05, 0.1) is 23.3 Å². The molecular formula is C20H20BrN7O2. The lowest BCUT2D eigenvalue weighted by molar-refractivity contribution is -0.111. The van der Waals surface area contributed by atoms with Crippen molar-refractivity contribution in [3.05, 3.63) is 47.9 Å². The number of nitrogens with zero attached hydrogens (tertiary/aromatic N) is 5. The number of amides is 1. The second kappa shape index (κ2) is 8.62. The normalized spacial score (nSPS) is 15.8. The summed E-state index contributed by atoms with van der Waals surface area (Å²) in [5.41, 5.74) is 1.43. The van der Waals surface area contributed by atoms with Gasteiger partial charge in [0.25, 0.3) is 0 Å². The predicted molar refractivity (Wildman–Crippen MR) is 119 cm³/mol. The van der Waals surface area contributed by atoms with Gasteiger partial charge < -0.3 is 20.3 Å². The van der Waals surface area contributed by atoms with Crippen LogP contribution in [0.3, 0.4) is 0 Å². The van der Waals surface area contributed by atoms with Crippen LogP contribution < -0.4 is 20.3 Å². The molecule has 1 amide bonds. The molecule has 1 aliphatic heterocycles. The summed E-state index contributed by atoms with van der Waals surface area (Å²) in [4.78, 5) is 31.3. The molecule has 2 aromatic heterocycles. The standard InChI is InChI=1S/C20H20BrN7O2/c1-3-17(29)25-12-4-5-14-16(8-12)23-11-24-18(14)28-7-6-13(10-28)26-20-22-9-15(21)19(27-20)30-2/h3-5,8-9,11,13H,1,6-7,10H2,2H3,(H,25,29)(H,22,26,27). The number of methoxy groups -OCH3 is 1. The van der Waals surface area contributed by atoms with E-state index in [1.807, 2.05) is 18.2 Å². The zero-order valence-electron chi connectivity index (χ0n) is 16.3. The molecule has 1 aliphatic rings. The molecule has 9 nitrogen and oxygen atoms in total. The molecule has 2 N–H and O–H groups in total. The summed E-state index contributed by atoms with van der Waals surface area (Å²) in [5, 5.41) is 7.04. The van der Waals surface area contributed by atoms with Crippen molar-refractivity contribution in [2.24, 2.45) is 0 Å². The lowest BCUT2D eigenvalue weighted by Crippen LogP contribution is -2.27. The van der Waals surface area contributed by atoms with Crippen LogP contribution in [0.25, 0.3) is 10.9 Å². The van der Waals surface area contributed by atoms with Crippen LogP contribution in [0.2, 0.25) is 0 Å². The van der Waals surface area contributed by atoms with Gasteiger partial charge >= 0.3 is 0 Å². The summed E-state index contributed by atoms with van der Waals surface area (Å²) in [6.45, 7) is 5.06. The van der Waals surface area contributed by atoms with Gasteiger partial charge in [0, 0.05) is 30.2 Å². The molecule has 0 saturated carbocycles. The highest BCUT2D eigenvalue weighted by Gasteiger charge is 2.25. The fourth-order valence-electron chi connectivity index (χ4n) is 3.38. The molecule has 0 aliphatic carbocycles. The maximum atomic E-state index is 11.5. The third kappa shape index (κ3) is 4.18. The number of anilines is 3. The largest absolute Gasteiger partial charge is 0.480 e. The Bertz CT molecular complexity index is 1110. The van der Waals surface area contributed by atoms with Crippen LogP contribution in [-0.4, -0.2) is 52.1 Å². The summed E-state index contributed by atoms with van der Waals surface area (Å²) in [6, 6.07) is 5.76. The Morgan fingerprint density at radius 3 is 3.03 bits per heavy atom. The number of carbonyl (C=O) groups excluding carboxylic acids is 1. The number of halogens is 1. The van der Waals surface area contributed by atoms with Gasteiger partial charge in [-0.15, -0.1) is 0 Å². The fourth-order valence-corrected chi connectivity index (χ4v) is 3.74. The van der Waals surface area contributed by atoms with Crippen molar-refractivity contribution < 1.29 is 9.53 Å². The summed E-state index contributed by atoms with van der Waals surface area (Å²) >= 11 is 3.36. The summed E-state index contributed by atoms with van der Waals surface area (Å²) in [5.74, 6) is 1.62. The first-order valence-electron chi connectivity index (χ1n) is 9.33. The number of nitrogens with one attached hydrogen (secondary N) is 2. The fraction of sp³-hybridized carbons (Fsp3) is 0.250. The second-order valence-electron chi connectivity index (χ2n) is 6.75. The topological polar surface area (TPSA) is 105 Å². The molecule has 1 aromatic carbocycles. The Hall–Kier alpha value is -3.27. The first kappa shape index (κ1) is 20.0. The van der Waals surface area contributed by atoms with Crippen LogP contribution in [-0.2, 0) is 4.79 Å². The van der Waals surface area contributed by atoms with Crippen molar-refractivity contribution in [3.8, 4) is 5.88 Å². The van der Waals surface area contributed by atoms with E-state index >= 15 is 0 Å². The number of hydrogen-bond acceptors (Lipinski definition) is 8. The monoisotopic (exact) mass is 469 g/mol. The first-order valence-corrected chi connectivity index (χ1v) is 10.1. The van der Waals surface area contributed by atoms with Crippen molar-refractivity contribution in [1.29, 1.82) is 0 Å². The highest BCUT2D eigenvalue weighted by molar-refractivity contribution is 9.10. The molecule has 4 rings (SSSR count). The molecule has 0 spiro atoms. The molecule has 3 aromatic rings. The summed E-state index contributed by atoms with van der Waals surface area (Å²) in [6.07, 6.45) is 5.36. The maximum Gasteiger partial charge on any atom is 0.247 e. The zero-order valence-corrected chi connectivity index (χ0v) is 17.9. The van der Waals surface area contributed by atoms with Gasteiger partial charge in [-0.1, -0.05) is 6.58 Å². The molecule has 1 unspecified atom stereocenters. The second-order valence-corrected chi connectivity index (χ2v) is 7.60. The third-order valence-corrected chi connectivity index (χ3v) is 5.34. The number of hydrogen-bond donors (Lipinski definition) is 2. The van der Waals surface area contributed by atoms with Crippen LogP contribution >= 0.6 is 15.9 Å². The Balaban J connectivity index is 1.51. The van der Waals surface area contributed by atoms with Gasteiger partial charge in [0.2, 0.25) is 17.7 Å². The van der Waals surface area contributed by atoms with Crippen molar-refractivity contribution in [1.82, 2.24) is 19.9 Å². The van der Waals surface area contributed by atoms with E-state index in [1.165, 1.54) is 6.08 Å². The molecule has 3 heterocycles. The van der Waals surface area contributed by atoms with E-state index < -0.39 is 0 Å². The highest BCUT2D eigenvalue weighted by atomic mass is 79.9. The van der Waals surface area contributed by atoms with E-state index in [1.54, 1.807) is 19.6 Å². The molecule has 10 heteroatoms. The van der Waals surface area contributed by atoms with Crippen molar-refractivity contribution in [2.45, 2.75) is 12.5 Å². The van der Waals surface area contributed by atoms with Crippen molar-refractivity contribution in [3.63, 3.8) is 0 Å². The number of ether oxygens (including phenoxy) is 1. The molecule has 154 valence electrons. The van der Waals surface area contributed by atoms with Crippen LogP contribution in [0.5, 0.6) is 5.88 Å². The van der Waals surface area contributed by atoms with Gasteiger partial charge in [-0.2, -0.15) is 4.98 Å². The van der Waals surface area contributed by atoms with Crippen molar-refractivity contribution in [2.75, 3.05) is 35.7 Å². The Kier molecular flexibility index (Phi) is 5.75. The molecule has 0 bridgehead atoms.